The van der Waals surface area contributed by atoms with Crippen LogP contribution < -0.4 is 10.1 Å². The van der Waals surface area contributed by atoms with Gasteiger partial charge in [0.25, 0.3) is 5.91 Å². The first kappa shape index (κ1) is 14.4. The molecule has 0 bridgehead atoms. The van der Waals surface area contributed by atoms with Crippen LogP contribution in [0, 0.1) is 13.8 Å². The number of hydrogen-bond acceptors (Lipinski definition) is 3. The number of amides is 2. The maximum absolute atomic E-state index is 12.1. The normalized spacial score (nSPS) is 15.5. The van der Waals surface area contributed by atoms with Crippen LogP contribution in [0.25, 0.3) is 0 Å². The molecular formula is C15H20N2O3. The van der Waals surface area contributed by atoms with E-state index in [2.05, 4.69) is 5.32 Å². The van der Waals surface area contributed by atoms with Gasteiger partial charge >= 0.3 is 0 Å². The van der Waals surface area contributed by atoms with Gasteiger partial charge in [-0.2, -0.15) is 0 Å². The number of nitrogens with zero attached hydrogens (tertiary/aromatic N) is 1. The van der Waals surface area contributed by atoms with E-state index in [4.69, 9.17) is 4.74 Å². The summed E-state index contributed by atoms with van der Waals surface area (Å²) in [4.78, 5) is 25.1. The average molecular weight is 276 g/mol. The van der Waals surface area contributed by atoms with Gasteiger partial charge in [0.15, 0.2) is 6.61 Å². The van der Waals surface area contributed by atoms with E-state index in [1.54, 1.807) is 4.90 Å². The van der Waals surface area contributed by atoms with Crippen molar-refractivity contribution in [2.24, 2.45) is 0 Å². The van der Waals surface area contributed by atoms with Gasteiger partial charge in [-0.3, -0.25) is 9.59 Å². The third-order valence-corrected chi connectivity index (χ3v) is 3.31. The Bertz CT molecular complexity index is 514. The van der Waals surface area contributed by atoms with Crippen LogP contribution in [0.2, 0.25) is 0 Å². The van der Waals surface area contributed by atoms with E-state index in [9.17, 15) is 9.59 Å². The van der Waals surface area contributed by atoms with Gasteiger partial charge < -0.3 is 15.0 Å². The van der Waals surface area contributed by atoms with Crippen LogP contribution in [0.15, 0.2) is 18.2 Å². The molecule has 0 unspecified atom stereocenters. The summed E-state index contributed by atoms with van der Waals surface area (Å²) >= 11 is 0. The molecule has 1 heterocycles. The van der Waals surface area contributed by atoms with Crippen molar-refractivity contribution >= 4 is 11.8 Å². The van der Waals surface area contributed by atoms with Crippen LogP contribution in [0.1, 0.15) is 17.5 Å². The van der Waals surface area contributed by atoms with Crippen LogP contribution >= 0.6 is 0 Å². The van der Waals surface area contributed by atoms with Crippen LogP contribution in [-0.4, -0.2) is 43.0 Å². The lowest BCUT2D eigenvalue weighted by molar-refractivity contribution is -0.136. The van der Waals surface area contributed by atoms with Crippen molar-refractivity contribution in [3.8, 4) is 5.75 Å². The highest BCUT2D eigenvalue weighted by atomic mass is 16.5. The van der Waals surface area contributed by atoms with Crippen molar-refractivity contribution in [3.63, 3.8) is 0 Å². The van der Waals surface area contributed by atoms with E-state index in [1.807, 2.05) is 32.0 Å². The zero-order chi connectivity index (χ0) is 14.5. The zero-order valence-corrected chi connectivity index (χ0v) is 11.9. The van der Waals surface area contributed by atoms with E-state index < -0.39 is 0 Å². The maximum Gasteiger partial charge on any atom is 0.260 e. The molecule has 0 saturated carbocycles. The molecule has 1 N–H and O–H groups in total. The Morgan fingerprint density at radius 1 is 1.40 bits per heavy atom. The first-order valence-corrected chi connectivity index (χ1v) is 6.81. The first-order chi connectivity index (χ1) is 9.56. The maximum atomic E-state index is 12.1. The number of carbonyl (C=O) groups is 2. The molecule has 1 aromatic carbocycles. The number of benzene rings is 1. The van der Waals surface area contributed by atoms with E-state index >= 15 is 0 Å². The van der Waals surface area contributed by atoms with Gasteiger partial charge in [-0.25, -0.2) is 0 Å². The van der Waals surface area contributed by atoms with Crippen molar-refractivity contribution in [3.05, 3.63) is 29.3 Å². The molecule has 0 radical (unpaired) electrons. The Hall–Kier alpha value is -2.04. The third-order valence-electron chi connectivity index (χ3n) is 3.31. The van der Waals surface area contributed by atoms with Gasteiger partial charge in [0, 0.05) is 13.1 Å². The molecule has 2 rings (SSSR count). The second-order valence-corrected chi connectivity index (χ2v) is 5.08. The quantitative estimate of drug-likeness (QED) is 0.897. The molecule has 0 aromatic heterocycles. The lowest BCUT2D eigenvalue weighted by Gasteiger charge is -2.19. The minimum Gasteiger partial charge on any atom is -0.483 e. The van der Waals surface area contributed by atoms with Crippen molar-refractivity contribution < 1.29 is 14.3 Å². The number of hydrogen-bond donors (Lipinski definition) is 1. The highest BCUT2D eigenvalue weighted by molar-refractivity contribution is 5.85. The summed E-state index contributed by atoms with van der Waals surface area (Å²) in [6.07, 6.45) is 0.779. The third kappa shape index (κ3) is 3.73. The Kier molecular flexibility index (Phi) is 4.61. The Balaban J connectivity index is 1.94. The summed E-state index contributed by atoms with van der Waals surface area (Å²) in [5.41, 5.74) is 2.09. The number of aryl methyl sites for hydroxylation is 2. The van der Waals surface area contributed by atoms with Crippen molar-refractivity contribution in [2.75, 3.05) is 26.2 Å². The van der Waals surface area contributed by atoms with Gasteiger partial charge in [0.1, 0.15) is 5.75 Å². The minimum atomic E-state index is -0.150. The fraction of sp³-hybridized carbons (Fsp3) is 0.467. The molecular weight excluding hydrogens is 256 g/mol. The van der Waals surface area contributed by atoms with Crippen LogP contribution in [0.3, 0.4) is 0 Å². The summed E-state index contributed by atoms with van der Waals surface area (Å²) in [5.74, 6) is 0.461. The number of rotatable bonds is 3. The first-order valence-electron chi connectivity index (χ1n) is 6.81. The van der Waals surface area contributed by atoms with E-state index in [0.717, 1.165) is 23.3 Å². The van der Waals surface area contributed by atoms with Crippen molar-refractivity contribution in [1.82, 2.24) is 10.2 Å². The molecule has 5 heteroatoms. The smallest absolute Gasteiger partial charge is 0.260 e. The number of nitrogens with one attached hydrogen (secondary N) is 1. The largest absolute Gasteiger partial charge is 0.483 e. The molecule has 20 heavy (non-hydrogen) atoms. The monoisotopic (exact) mass is 276 g/mol. The predicted molar refractivity (Wildman–Crippen MR) is 75.6 cm³/mol. The van der Waals surface area contributed by atoms with Crippen molar-refractivity contribution in [1.29, 1.82) is 0 Å². The predicted octanol–water partition coefficient (Wildman–Crippen LogP) is 1.03. The highest BCUT2D eigenvalue weighted by Crippen LogP contribution is 2.19. The van der Waals surface area contributed by atoms with Crippen molar-refractivity contribution in [2.45, 2.75) is 20.3 Å². The van der Waals surface area contributed by atoms with Gasteiger partial charge in [-0.15, -0.1) is 0 Å². The van der Waals surface area contributed by atoms with Crippen LogP contribution in [-0.2, 0) is 9.59 Å². The van der Waals surface area contributed by atoms with E-state index in [1.165, 1.54) is 0 Å². The average Bonchev–Trinajstić information content (AvgIpc) is 2.64. The number of carbonyl (C=O) groups excluding carboxylic acids is 2. The van der Waals surface area contributed by atoms with Gasteiger partial charge in [-0.1, -0.05) is 12.1 Å². The highest BCUT2D eigenvalue weighted by Gasteiger charge is 2.20. The molecule has 1 fully saturated rings. The van der Waals surface area contributed by atoms with Crippen LogP contribution in [0.4, 0.5) is 0 Å². The fourth-order valence-corrected chi connectivity index (χ4v) is 2.11. The Morgan fingerprint density at radius 3 is 3.00 bits per heavy atom. The second-order valence-electron chi connectivity index (χ2n) is 5.08. The summed E-state index contributed by atoms with van der Waals surface area (Å²) in [5, 5.41) is 2.75. The molecule has 1 aliphatic rings. The van der Waals surface area contributed by atoms with Gasteiger partial charge in [0.05, 0.1) is 6.54 Å². The summed E-state index contributed by atoms with van der Waals surface area (Å²) in [6, 6.07) is 5.88. The molecule has 5 nitrogen and oxygen atoms in total. The minimum absolute atomic E-state index is 0.0302. The van der Waals surface area contributed by atoms with Gasteiger partial charge in [0.2, 0.25) is 5.91 Å². The van der Waals surface area contributed by atoms with E-state index in [0.29, 0.717) is 13.1 Å². The summed E-state index contributed by atoms with van der Waals surface area (Å²) in [7, 11) is 0. The molecule has 1 aliphatic heterocycles. The lowest BCUT2D eigenvalue weighted by atomic mass is 10.1. The molecule has 0 atom stereocenters. The molecule has 0 aliphatic carbocycles. The SMILES string of the molecule is Cc1ccc(C)c(OCC(=O)N2CCCNC(=O)C2)c1. The van der Waals surface area contributed by atoms with Gasteiger partial charge in [-0.05, 0) is 37.5 Å². The topological polar surface area (TPSA) is 58.6 Å². The molecule has 1 aromatic rings. The lowest BCUT2D eigenvalue weighted by Crippen LogP contribution is -2.39. The summed E-state index contributed by atoms with van der Waals surface area (Å²) < 4.78 is 5.59. The fourth-order valence-electron chi connectivity index (χ4n) is 2.11. The second kappa shape index (κ2) is 6.41. The molecule has 108 valence electrons. The Labute approximate surface area is 118 Å². The van der Waals surface area contributed by atoms with E-state index in [-0.39, 0.29) is 25.0 Å². The standard InChI is InChI=1S/C15H20N2O3/c1-11-4-5-12(2)13(8-11)20-10-15(19)17-7-3-6-16-14(18)9-17/h4-5,8H,3,6-7,9-10H2,1-2H3,(H,16,18). The molecule has 0 spiro atoms. The molecule has 1 saturated heterocycles. The van der Waals surface area contributed by atoms with Crippen LogP contribution in [0.5, 0.6) is 5.75 Å². The summed E-state index contributed by atoms with van der Waals surface area (Å²) in [6.45, 7) is 5.23. The molecule has 2 amide bonds. The number of ether oxygens (including phenoxy) is 1. The Morgan fingerprint density at radius 2 is 2.20 bits per heavy atom. The zero-order valence-electron chi connectivity index (χ0n) is 11.9.